The minimum atomic E-state index is -1.19. The lowest BCUT2D eigenvalue weighted by atomic mass is 9.98. The summed E-state index contributed by atoms with van der Waals surface area (Å²) in [5, 5.41) is 14.7. The summed E-state index contributed by atoms with van der Waals surface area (Å²) in [6, 6.07) is 20.1. The van der Waals surface area contributed by atoms with E-state index in [9.17, 15) is 14.7 Å². The number of rotatable bonds is 7. The third-order valence-electron chi connectivity index (χ3n) is 6.13. The van der Waals surface area contributed by atoms with Gasteiger partial charge in [-0.3, -0.25) is 0 Å². The Labute approximate surface area is 211 Å². The number of carbonyl (C=O) groups is 2. The van der Waals surface area contributed by atoms with E-state index in [0.717, 1.165) is 33.5 Å². The molecule has 3 aromatic carbocycles. The molecule has 1 aliphatic rings. The Balaban J connectivity index is 1.30. The first-order valence-electron chi connectivity index (χ1n) is 11.0. The highest BCUT2D eigenvalue weighted by Gasteiger charge is 2.30. The summed E-state index contributed by atoms with van der Waals surface area (Å²) in [4.78, 5) is 29.0. The van der Waals surface area contributed by atoms with Gasteiger partial charge in [0.15, 0.2) is 0 Å². The maximum atomic E-state index is 12.7. The zero-order chi connectivity index (χ0) is 24.4. The smallest absolute Gasteiger partial charge is 0.407 e. The third-order valence-corrected chi connectivity index (χ3v) is 6.96. The summed E-state index contributed by atoms with van der Waals surface area (Å²) in [5.74, 6) is -1.27. The van der Waals surface area contributed by atoms with Gasteiger partial charge in [-0.1, -0.05) is 66.2 Å². The number of carboxylic acids is 1. The average molecular weight is 505 g/mol. The van der Waals surface area contributed by atoms with Crippen molar-refractivity contribution in [2.24, 2.45) is 0 Å². The largest absolute Gasteiger partial charge is 0.480 e. The van der Waals surface area contributed by atoms with E-state index in [4.69, 9.17) is 16.3 Å². The highest BCUT2D eigenvalue weighted by atomic mass is 35.5. The fourth-order valence-electron chi connectivity index (χ4n) is 4.53. The number of amides is 1. The van der Waals surface area contributed by atoms with Gasteiger partial charge in [0.1, 0.15) is 12.6 Å². The molecule has 0 aliphatic heterocycles. The van der Waals surface area contributed by atoms with Gasteiger partial charge in [-0.05, 0) is 39.9 Å². The van der Waals surface area contributed by atoms with Crippen LogP contribution < -0.4 is 5.32 Å². The van der Waals surface area contributed by atoms with Crippen molar-refractivity contribution >= 4 is 35.0 Å². The number of carboxylic acid groups (broad SMARTS) is 1. The Morgan fingerprint density at radius 1 is 1.03 bits per heavy atom. The number of hydrogen-bond donors (Lipinski definition) is 2. The quantitative estimate of drug-likeness (QED) is 0.322. The first kappa shape index (κ1) is 23.1. The molecule has 5 rings (SSSR count). The van der Waals surface area contributed by atoms with Crippen molar-refractivity contribution in [3.05, 3.63) is 99.3 Å². The number of benzene rings is 3. The molecule has 2 N–H and O–H groups in total. The van der Waals surface area contributed by atoms with Crippen molar-refractivity contribution in [2.75, 3.05) is 6.61 Å². The van der Waals surface area contributed by atoms with E-state index in [2.05, 4.69) is 22.4 Å². The predicted octanol–water partition coefficient (Wildman–Crippen LogP) is 6.00. The number of nitrogens with zero attached hydrogens (tertiary/aromatic N) is 1. The number of thiazole rings is 1. The van der Waals surface area contributed by atoms with Crippen LogP contribution >= 0.6 is 22.9 Å². The van der Waals surface area contributed by atoms with Gasteiger partial charge < -0.3 is 15.2 Å². The molecule has 1 atom stereocenters. The van der Waals surface area contributed by atoms with Crippen LogP contribution in [0, 0.1) is 0 Å². The second-order valence-corrected chi connectivity index (χ2v) is 9.40. The standard InChI is InChI=1S/C27H21ClN2O4S/c28-17-9-10-18(25-14-35-15-29-25)16(11-17)12-24(26(31)32)30-27(33)34-13-23-21-7-3-1-5-19(21)20-6-2-4-8-22(20)23/h1-11,14-15,23-24H,12-13H2,(H,30,33)(H,31,32)/t24-/m0/s1. The van der Waals surface area contributed by atoms with Gasteiger partial charge in [-0.25, -0.2) is 14.6 Å². The van der Waals surface area contributed by atoms with Crippen LogP contribution in [0.2, 0.25) is 5.02 Å². The second-order valence-electron chi connectivity index (χ2n) is 8.24. The topological polar surface area (TPSA) is 88.5 Å². The summed E-state index contributed by atoms with van der Waals surface area (Å²) in [6.45, 7) is 0.105. The lowest BCUT2D eigenvalue weighted by Gasteiger charge is -2.18. The molecule has 1 aliphatic carbocycles. The van der Waals surface area contributed by atoms with Crippen LogP contribution in [0.1, 0.15) is 22.6 Å². The van der Waals surface area contributed by atoms with Crippen LogP contribution in [0.15, 0.2) is 77.6 Å². The minimum absolute atomic E-state index is 0.0347. The maximum Gasteiger partial charge on any atom is 0.407 e. The number of aliphatic carboxylic acids is 1. The number of aromatic nitrogens is 1. The fourth-order valence-corrected chi connectivity index (χ4v) is 5.28. The number of alkyl carbamates (subject to hydrolysis) is 1. The fraction of sp³-hybridized carbons (Fsp3) is 0.148. The highest BCUT2D eigenvalue weighted by Crippen LogP contribution is 2.44. The highest BCUT2D eigenvalue weighted by molar-refractivity contribution is 7.07. The summed E-state index contributed by atoms with van der Waals surface area (Å²) in [7, 11) is 0. The number of ether oxygens (including phenoxy) is 1. The molecule has 0 saturated heterocycles. The van der Waals surface area contributed by atoms with Gasteiger partial charge >= 0.3 is 12.1 Å². The summed E-state index contributed by atoms with van der Waals surface area (Å²) >= 11 is 7.62. The third kappa shape index (κ3) is 4.78. The summed E-state index contributed by atoms with van der Waals surface area (Å²) < 4.78 is 5.53. The lowest BCUT2D eigenvalue weighted by molar-refractivity contribution is -0.139. The van der Waals surface area contributed by atoms with Gasteiger partial charge in [0, 0.05) is 28.3 Å². The van der Waals surface area contributed by atoms with Crippen molar-refractivity contribution in [2.45, 2.75) is 18.4 Å². The molecule has 4 aromatic rings. The number of halogens is 1. The Morgan fingerprint density at radius 2 is 1.71 bits per heavy atom. The van der Waals surface area contributed by atoms with E-state index in [1.807, 2.05) is 41.8 Å². The zero-order valence-electron chi connectivity index (χ0n) is 18.5. The SMILES string of the molecule is O=C(N[C@@H](Cc1cc(Cl)ccc1-c1cscn1)C(=O)O)OCC1c2ccccc2-c2ccccc21. The van der Waals surface area contributed by atoms with Crippen LogP contribution in [0.3, 0.4) is 0 Å². The molecule has 0 unspecified atom stereocenters. The molecule has 8 heteroatoms. The minimum Gasteiger partial charge on any atom is -0.480 e. The molecule has 0 spiro atoms. The molecule has 1 heterocycles. The first-order valence-corrected chi connectivity index (χ1v) is 12.3. The number of carbonyl (C=O) groups excluding carboxylic acids is 1. The van der Waals surface area contributed by atoms with Crippen molar-refractivity contribution in [1.29, 1.82) is 0 Å². The van der Waals surface area contributed by atoms with Gasteiger partial charge in [-0.15, -0.1) is 11.3 Å². The van der Waals surface area contributed by atoms with Crippen molar-refractivity contribution in [3.63, 3.8) is 0 Å². The van der Waals surface area contributed by atoms with E-state index in [0.29, 0.717) is 10.6 Å². The molecule has 0 fully saturated rings. The molecule has 1 aromatic heterocycles. The Hall–Kier alpha value is -3.68. The maximum absolute atomic E-state index is 12.7. The zero-order valence-corrected chi connectivity index (χ0v) is 20.1. The van der Waals surface area contributed by atoms with E-state index in [1.165, 1.54) is 11.3 Å². The number of hydrogen-bond acceptors (Lipinski definition) is 5. The first-order chi connectivity index (χ1) is 17.0. The van der Waals surface area contributed by atoms with E-state index in [-0.39, 0.29) is 18.9 Å². The molecule has 0 saturated carbocycles. The van der Waals surface area contributed by atoms with E-state index in [1.54, 1.807) is 23.7 Å². The molecule has 35 heavy (non-hydrogen) atoms. The summed E-state index contributed by atoms with van der Waals surface area (Å²) in [5.41, 5.74) is 8.30. The number of fused-ring (bicyclic) bond motifs is 3. The summed E-state index contributed by atoms with van der Waals surface area (Å²) in [6.07, 6.45) is -0.746. The van der Waals surface area contributed by atoms with Crippen molar-refractivity contribution in [3.8, 4) is 22.4 Å². The predicted molar refractivity (Wildman–Crippen MR) is 136 cm³/mol. The van der Waals surface area contributed by atoms with Crippen LogP contribution in [0.25, 0.3) is 22.4 Å². The molecule has 0 bridgehead atoms. The van der Waals surface area contributed by atoms with Crippen LogP contribution in [-0.2, 0) is 16.0 Å². The average Bonchev–Trinajstić information content (AvgIpc) is 3.49. The number of nitrogens with one attached hydrogen (secondary N) is 1. The Bertz CT molecular complexity index is 1340. The normalized spacial score (nSPS) is 13.1. The Morgan fingerprint density at radius 3 is 2.34 bits per heavy atom. The van der Waals surface area contributed by atoms with Gasteiger partial charge in [0.05, 0.1) is 11.2 Å². The molecular weight excluding hydrogens is 484 g/mol. The lowest BCUT2D eigenvalue weighted by Crippen LogP contribution is -2.43. The van der Waals surface area contributed by atoms with Gasteiger partial charge in [0.2, 0.25) is 0 Å². The molecular formula is C27H21ClN2O4S. The molecule has 0 radical (unpaired) electrons. The molecule has 1 amide bonds. The van der Waals surface area contributed by atoms with Crippen molar-refractivity contribution < 1.29 is 19.4 Å². The Kier molecular flexibility index (Phi) is 6.53. The van der Waals surface area contributed by atoms with Crippen LogP contribution in [0.5, 0.6) is 0 Å². The molecule has 6 nitrogen and oxygen atoms in total. The molecule has 176 valence electrons. The van der Waals surface area contributed by atoms with Gasteiger partial charge in [-0.2, -0.15) is 0 Å². The van der Waals surface area contributed by atoms with Crippen molar-refractivity contribution in [1.82, 2.24) is 10.3 Å². The van der Waals surface area contributed by atoms with E-state index >= 15 is 0 Å². The monoisotopic (exact) mass is 504 g/mol. The van der Waals surface area contributed by atoms with E-state index < -0.39 is 18.1 Å². The van der Waals surface area contributed by atoms with Crippen LogP contribution in [0.4, 0.5) is 4.79 Å². The van der Waals surface area contributed by atoms with Crippen LogP contribution in [-0.4, -0.2) is 34.8 Å². The second kappa shape index (κ2) is 9.90. The van der Waals surface area contributed by atoms with Gasteiger partial charge in [0.25, 0.3) is 0 Å².